The van der Waals surface area contributed by atoms with E-state index < -0.39 is 27.3 Å². The summed E-state index contributed by atoms with van der Waals surface area (Å²) in [6.07, 6.45) is 3.26. The van der Waals surface area contributed by atoms with Crippen molar-refractivity contribution in [2.75, 3.05) is 10.2 Å². The fourth-order valence-corrected chi connectivity index (χ4v) is 5.03. The highest BCUT2D eigenvalue weighted by Gasteiger charge is 2.57. The SMILES string of the molecule is [B]C1([B])OC([B])([B])C([B])([B])N(c2nccn3c(-c4ccc5c(c4)CC(=O)N5)c(-c4ccc(F)cc4)nc23)C1([B])[B]. The van der Waals surface area contributed by atoms with E-state index in [1.54, 1.807) is 28.8 Å². The zero-order valence-corrected chi connectivity index (χ0v) is 21.0. The highest BCUT2D eigenvalue weighted by atomic mass is 19.1. The summed E-state index contributed by atoms with van der Waals surface area (Å²) in [5, 5.41) is -6.53. The Bertz CT molecular complexity index is 1670. The number of hydrogen-bond acceptors (Lipinski definition) is 5. The zero-order valence-electron chi connectivity index (χ0n) is 21.0. The van der Waals surface area contributed by atoms with Crippen LogP contribution in [-0.4, -0.2) is 105 Å². The van der Waals surface area contributed by atoms with Crippen molar-refractivity contribution in [1.29, 1.82) is 0 Å². The predicted molar refractivity (Wildman–Crippen MR) is 157 cm³/mol. The van der Waals surface area contributed by atoms with Crippen LogP contribution in [-0.2, 0) is 16.0 Å². The van der Waals surface area contributed by atoms with E-state index in [9.17, 15) is 9.18 Å². The van der Waals surface area contributed by atoms with Crippen molar-refractivity contribution in [2.24, 2.45) is 0 Å². The zero-order chi connectivity index (χ0) is 28.8. The second-order valence-electron chi connectivity index (χ2n) is 10.0. The van der Waals surface area contributed by atoms with Gasteiger partial charge < -0.3 is 15.0 Å². The van der Waals surface area contributed by atoms with E-state index in [1.165, 1.54) is 18.3 Å². The predicted octanol–water partition coefficient (Wildman–Crippen LogP) is -0.503. The summed E-state index contributed by atoms with van der Waals surface area (Å²) in [6.45, 7) is 0. The molecule has 1 fully saturated rings. The fourth-order valence-electron chi connectivity index (χ4n) is 5.03. The molecular formula is C24H12B8FN5O2. The standard InChI is InChI=1S/C24H12B8FN5O2/c25-21(26)23(29,30)40-24(31,32)22(27,28)38(21)19-20-36-17(11-1-4-14(33)5-2-11)18(37(20)8-7-34-19)12-3-6-15-13(9-12)10-16(39)35-15/h1-9H,10H2,(H,35,39). The van der Waals surface area contributed by atoms with Gasteiger partial charge in [-0.05, 0) is 63.4 Å². The quantitative estimate of drug-likeness (QED) is 0.379. The highest BCUT2D eigenvalue weighted by molar-refractivity contribution is 6.61. The Balaban J connectivity index is 1.65. The molecule has 0 spiro atoms. The van der Waals surface area contributed by atoms with E-state index in [2.05, 4.69) is 10.3 Å². The van der Waals surface area contributed by atoms with Gasteiger partial charge in [-0.25, -0.2) is 14.4 Å². The molecule has 0 bridgehead atoms. The van der Waals surface area contributed by atoms with Gasteiger partial charge in [-0.15, -0.1) is 0 Å². The van der Waals surface area contributed by atoms with Crippen LogP contribution in [0, 0.1) is 5.82 Å². The van der Waals surface area contributed by atoms with E-state index in [1.807, 2.05) is 12.1 Å². The first-order chi connectivity index (χ1) is 18.6. The summed E-state index contributed by atoms with van der Waals surface area (Å²) in [7, 11) is 49.9. The van der Waals surface area contributed by atoms with Crippen LogP contribution < -0.4 is 10.2 Å². The van der Waals surface area contributed by atoms with Gasteiger partial charge in [0.15, 0.2) is 11.5 Å². The lowest BCUT2D eigenvalue weighted by molar-refractivity contribution is -0.115. The highest BCUT2D eigenvalue weighted by Crippen LogP contribution is 2.45. The third-order valence-corrected chi connectivity index (χ3v) is 7.19. The first-order valence-corrected chi connectivity index (χ1v) is 12.0. The Morgan fingerprint density at radius 2 is 1.52 bits per heavy atom. The van der Waals surface area contributed by atoms with Crippen LogP contribution in [0.2, 0.25) is 0 Å². The van der Waals surface area contributed by atoms with Gasteiger partial charge in [0.2, 0.25) is 5.91 Å². The molecule has 0 unspecified atom stereocenters. The van der Waals surface area contributed by atoms with E-state index >= 15 is 0 Å². The van der Waals surface area contributed by atoms with Crippen LogP contribution in [0.15, 0.2) is 54.9 Å². The number of fused-ring (bicyclic) bond motifs is 2. The number of rotatable bonds is 3. The van der Waals surface area contributed by atoms with Gasteiger partial charge in [-0.2, -0.15) is 0 Å². The maximum Gasteiger partial charge on any atom is 0.228 e. The Kier molecular flexibility index (Phi) is 5.80. The molecule has 2 aromatic carbocycles. The molecule has 4 heterocycles. The maximum absolute atomic E-state index is 13.8. The number of imidazole rings is 1. The number of nitrogens with zero attached hydrogens (tertiary/aromatic N) is 4. The molecule has 16 radical (unpaired) electrons. The second-order valence-corrected chi connectivity index (χ2v) is 10.0. The Morgan fingerprint density at radius 3 is 2.17 bits per heavy atom. The Morgan fingerprint density at radius 1 is 0.900 bits per heavy atom. The van der Waals surface area contributed by atoms with Crippen LogP contribution in [0.1, 0.15) is 5.56 Å². The summed E-state index contributed by atoms with van der Waals surface area (Å²) >= 11 is 0. The molecule has 0 saturated carbocycles. The minimum absolute atomic E-state index is 0.0750. The lowest BCUT2D eigenvalue weighted by Crippen LogP contribution is -2.86. The second kappa shape index (κ2) is 8.62. The minimum atomic E-state index is -2.36. The van der Waals surface area contributed by atoms with Crippen molar-refractivity contribution >= 4 is 85.8 Å². The third kappa shape index (κ3) is 3.82. The molecule has 7 nitrogen and oxygen atoms in total. The lowest BCUT2D eigenvalue weighted by atomic mass is 9.30. The monoisotopic (exact) mass is 509 g/mol. The number of morpholine rings is 1. The normalized spacial score (nSPS) is 20.2. The number of hydrogen-bond donors (Lipinski definition) is 1. The molecule has 2 aliphatic heterocycles. The Labute approximate surface area is 240 Å². The molecule has 1 N–H and O–H groups in total. The number of benzene rings is 2. The molecule has 2 aromatic heterocycles. The van der Waals surface area contributed by atoms with Gasteiger partial charge in [-0.3, -0.25) is 9.20 Å². The van der Waals surface area contributed by atoms with Crippen LogP contribution >= 0.6 is 0 Å². The van der Waals surface area contributed by atoms with Crippen molar-refractivity contribution < 1.29 is 13.9 Å². The van der Waals surface area contributed by atoms with E-state index in [0.29, 0.717) is 28.2 Å². The number of anilines is 2. The first-order valence-electron chi connectivity index (χ1n) is 12.0. The first kappa shape index (κ1) is 26.9. The number of ether oxygens (including phenoxy) is 1. The molecule has 1 amide bonds. The van der Waals surface area contributed by atoms with Gasteiger partial charge >= 0.3 is 0 Å². The van der Waals surface area contributed by atoms with Crippen molar-refractivity contribution in [3.8, 4) is 22.5 Å². The van der Waals surface area contributed by atoms with Gasteiger partial charge in [0, 0.05) is 29.2 Å². The largest absolute Gasteiger partial charge is 0.405 e. The fraction of sp³-hybridized carbons (Fsp3) is 0.208. The molecule has 2 aliphatic rings. The minimum Gasteiger partial charge on any atom is -0.405 e. The molecule has 4 aromatic rings. The molecule has 1 saturated heterocycles. The number of carbonyl (C=O) groups excluding carboxylic acids is 1. The molecule has 40 heavy (non-hydrogen) atoms. The van der Waals surface area contributed by atoms with E-state index in [4.69, 9.17) is 72.5 Å². The summed E-state index contributed by atoms with van der Waals surface area (Å²) in [6, 6.07) is 11.2. The van der Waals surface area contributed by atoms with E-state index in [-0.39, 0.29) is 23.8 Å². The molecule has 16 heteroatoms. The molecule has 0 aliphatic carbocycles. The number of nitrogens with one attached hydrogen (secondary N) is 1. The maximum atomic E-state index is 13.8. The number of halogens is 1. The average molecular weight is 508 g/mol. The lowest BCUT2D eigenvalue weighted by Gasteiger charge is -2.70. The molecular weight excluding hydrogens is 496 g/mol. The van der Waals surface area contributed by atoms with Crippen LogP contribution in [0.5, 0.6) is 0 Å². The van der Waals surface area contributed by atoms with Gasteiger partial charge in [0.1, 0.15) is 37.2 Å². The molecule has 0 atom stereocenters. The average Bonchev–Trinajstić information content (AvgIpc) is 3.42. The summed E-state index contributed by atoms with van der Waals surface area (Å²) in [5.41, 5.74) is 3.91. The van der Waals surface area contributed by atoms with Crippen LogP contribution in [0.25, 0.3) is 28.2 Å². The summed E-state index contributed by atoms with van der Waals surface area (Å²) in [5.74, 6) is -0.621. The number of carbonyl (C=O) groups is 1. The van der Waals surface area contributed by atoms with Gasteiger partial charge in [0.25, 0.3) is 0 Å². The van der Waals surface area contributed by atoms with Gasteiger partial charge in [0.05, 0.1) is 49.2 Å². The van der Waals surface area contributed by atoms with Crippen LogP contribution in [0.3, 0.4) is 0 Å². The molecule has 176 valence electrons. The van der Waals surface area contributed by atoms with Crippen molar-refractivity contribution in [3.63, 3.8) is 0 Å². The Hall–Kier alpha value is -3.26. The van der Waals surface area contributed by atoms with Crippen molar-refractivity contribution in [3.05, 3.63) is 66.2 Å². The third-order valence-electron chi connectivity index (χ3n) is 7.19. The van der Waals surface area contributed by atoms with Crippen LogP contribution in [0.4, 0.5) is 15.9 Å². The smallest absolute Gasteiger partial charge is 0.228 e. The van der Waals surface area contributed by atoms with Crippen molar-refractivity contribution in [1.82, 2.24) is 14.4 Å². The summed E-state index contributed by atoms with van der Waals surface area (Å²) in [4.78, 5) is 22.2. The van der Waals surface area contributed by atoms with Gasteiger partial charge in [-0.1, -0.05) is 6.07 Å². The number of aromatic nitrogens is 3. The van der Waals surface area contributed by atoms with E-state index in [0.717, 1.165) is 10.5 Å². The summed E-state index contributed by atoms with van der Waals surface area (Å²) < 4.78 is 20.9. The number of amides is 1. The molecule has 6 rings (SSSR count). The topological polar surface area (TPSA) is 71.8 Å². The van der Waals surface area contributed by atoms with Crippen molar-refractivity contribution in [2.45, 2.75) is 27.9 Å².